The van der Waals surface area contributed by atoms with Crippen LogP contribution in [0.1, 0.15) is 130 Å². The lowest BCUT2D eigenvalue weighted by Gasteiger charge is -2.25. The molecule has 0 saturated carbocycles. The number of likely N-dealkylation sites (N-methyl/N-ethyl adjacent to an activating group) is 1. The van der Waals surface area contributed by atoms with Crippen LogP contribution in [-0.2, 0) is 32.7 Å². The Morgan fingerprint density at radius 1 is 0.516 bits per heavy atom. The van der Waals surface area contributed by atoms with Crippen molar-refractivity contribution >= 4 is 19.8 Å². The van der Waals surface area contributed by atoms with Gasteiger partial charge >= 0.3 is 19.8 Å². The van der Waals surface area contributed by atoms with Crippen molar-refractivity contribution in [2.24, 2.45) is 11.8 Å². The molecule has 1 N–H and O–H groups in total. The molecule has 0 spiro atoms. The van der Waals surface area contributed by atoms with Gasteiger partial charge < -0.3 is 18.9 Å². The normalized spacial score (nSPS) is 15.7. The van der Waals surface area contributed by atoms with Gasteiger partial charge in [0.05, 0.1) is 39.6 Å². The highest BCUT2D eigenvalue weighted by molar-refractivity contribution is 7.47. The van der Waals surface area contributed by atoms with Gasteiger partial charge in [-0.05, 0) is 103 Å². The third kappa shape index (κ3) is 38.1. The number of hydrogen-bond donors (Lipinski definition) is 1. The first kappa shape index (κ1) is 58.4. The van der Waals surface area contributed by atoms with E-state index in [1.165, 1.54) is 0 Å². The fraction of sp³-hybridized carbons (Fsp3) is 0.577. The molecule has 0 aromatic carbocycles. The monoisotopic (exact) mass is 883 g/mol. The van der Waals surface area contributed by atoms with Crippen molar-refractivity contribution in [2.75, 3.05) is 47.5 Å². The van der Waals surface area contributed by atoms with Gasteiger partial charge in [-0.3, -0.25) is 18.6 Å². The zero-order chi connectivity index (χ0) is 46.0. The Morgan fingerprint density at radius 2 is 0.871 bits per heavy atom. The van der Waals surface area contributed by atoms with Crippen LogP contribution in [0.3, 0.4) is 0 Å². The maximum absolute atomic E-state index is 13.3. The number of nitrogens with zero attached hydrogens (tertiary/aromatic N) is 1. The van der Waals surface area contributed by atoms with E-state index in [0.29, 0.717) is 43.1 Å². The smallest absolute Gasteiger partial charge is 0.461 e. The summed E-state index contributed by atoms with van der Waals surface area (Å²) in [7, 11) is 1.37. The molecule has 0 aromatic rings. The number of rotatable bonds is 38. The van der Waals surface area contributed by atoms with Crippen LogP contribution >= 0.6 is 7.82 Å². The first-order chi connectivity index (χ1) is 29.9. The van der Waals surface area contributed by atoms with E-state index in [1.54, 1.807) is 0 Å². The van der Waals surface area contributed by atoms with Crippen molar-refractivity contribution in [2.45, 2.75) is 137 Å². The average Bonchev–Trinajstić information content (AvgIpc) is 3.23. The van der Waals surface area contributed by atoms with Crippen molar-refractivity contribution in [1.29, 1.82) is 0 Å². The quantitative estimate of drug-likeness (QED) is 0.0283. The number of phosphoric ester groups is 1. The first-order valence-electron chi connectivity index (χ1n) is 23.2. The summed E-state index contributed by atoms with van der Waals surface area (Å²) in [4.78, 5) is 36.8. The number of allylic oxidation sites excluding steroid dienone is 20. The molecule has 4 atom stereocenters. The van der Waals surface area contributed by atoms with Crippen LogP contribution in [0.2, 0.25) is 0 Å². The van der Waals surface area contributed by atoms with E-state index in [-0.39, 0.29) is 19.1 Å². The molecule has 350 valence electrons. The minimum Gasteiger partial charge on any atom is -0.461 e. The van der Waals surface area contributed by atoms with Crippen LogP contribution in [-0.4, -0.2) is 74.9 Å². The maximum Gasteiger partial charge on any atom is 0.472 e. The second-order valence-electron chi connectivity index (χ2n) is 16.1. The number of quaternary nitrogens is 1. The van der Waals surface area contributed by atoms with Gasteiger partial charge in [-0.2, -0.15) is 0 Å². The molecule has 0 heterocycles. The topological polar surface area (TPSA) is 108 Å². The van der Waals surface area contributed by atoms with Gasteiger partial charge in [0.2, 0.25) is 0 Å². The highest BCUT2D eigenvalue weighted by Gasteiger charge is 2.29. The lowest BCUT2D eigenvalue weighted by atomic mass is 10.00. The third-order valence-electron chi connectivity index (χ3n) is 9.47. The summed E-state index contributed by atoms with van der Waals surface area (Å²) in [5.74, 6) is -1.61. The summed E-state index contributed by atoms with van der Waals surface area (Å²) in [6, 6.07) is 0. The van der Waals surface area contributed by atoms with Crippen molar-refractivity contribution in [3.63, 3.8) is 0 Å². The Bertz CT molecular complexity index is 1490. The van der Waals surface area contributed by atoms with Gasteiger partial charge in [0.15, 0.2) is 6.10 Å². The molecule has 10 heteroatoms. The van der Waals surface area contributed by atoms with Crippen LogP contribution in [0.4, 0.5) is 0 Å². The lowest BCUT2D eigenvalue weighted by Crippen LogP contribution is -2.37. The number of carbonyl (C=O) groups excluding carboxylic acids is 2. The highest BCUT2D eigenvalue weighted by Crippen LogP contribution is 2.43. The number of hydrogen-bond acceptors (Lipinski definition) is 7. The Labute approximate surface area is 378 Å². The molecule has 3 unspecified atom stereocenters. The molecule has 0 aromatic heterocycles. The molecular weight excluding hydrogens is 798 g/mol. The molecular formula is C52H85NO8P+. The summed E-state index contributed by atoms with van der Waals surface area (Å²) in [6.07, 6.45) is 55.1. The Kier molecular flexibility index (Phi) is 37.9. The largest absolute Gasteiger partial charge is 0.472 e. The van der Waals surface area contributed by atoms with Gasteiger partial charge in [-0.15, -0.1) is 0 Å². The van der Waals surface area contributed by atoms with Crippen LogP contribution in [0.15, 0.2) is 122 Å². The molecule has 9 nitrogen and oxygen atoms in total. The number of phosphoric acid groups is 1. The Morgan fingerprint density at radius 3 is 1.23 bits per heavy atom. The van der Waals surface area contributed by atoms with Gasteiger partial charge in [0.1, 0.15) is 19.8 Å². The van der Waals surface area contributed by atoms with Crippen LogP contribution in [0.5, 0.6) is 0 Å². The molecule has 0 aliphatic carbocycles. The fourth-order valence-corrected chi connectivity index (χ4v) is 6.37. The van der Waals surface area contributed by atoms with Crippen LogP contribution < -0.4 is 0 Å². The molecule has 0 amide bonds. The summed E-state index contributed by atoms with van der Waals surface area (Å²) in [6.45, 7) is 7.86. The van der Waals surface area contributed by atoms with Crippen LogP contribution in [0, 0.1) is 11.8 Å². The minimum atomic E-state index is -4.45. The van der Waals surface area contributed by atoms with Gasteiger partial charge in [-0.25, -0.2) is 4.57 Å². The summed E-state index contributed by atoms with van der Waals surface area (Å²) >= 11 is 0. The zero-order valence-corrected chi connectivity index (χ0v) is 40.5. The van der Waals surface area contributed by atoms with E-state index in [4.69, 9.17) is 18.5 Å². The molecule has 0 aliphatic rings. The predicted octanol–water partition coefficient (Wildman–Crippen LogP) is 13.4. The van der Waals surface area contributed by atoms with Crippen LogP contribution in [0.25, 0.3) is 0 Å². The van der Waals surface area contributed by atoms with E-state index in [9.17, 15) is 19.0 Å². The van der Waals surface area contributed by atoms with Gasteiger partial charge in [-0.1, -0.05) is 149 Å². The number of esters is 2. The molecule has 0 aliphatic heterocycles. The van der Waals surface area contributed by atoms with Gasteiger partial charge in [0, 0.05) is 0 Å². The maximum atomic E-state index is 13.3. The first-order valence-corrected chi connectivity index (χ1v) is 24.7. The molecule has 0 radical (unpaired) electrons. The standard InChI is InChI=1S/C52H84NO8P/c1-8-12-14-16-18-20-22-24-26-28-30-32-34-36-38-40-42-48(10-3)51(54)58-46-50(47-60-62(56,57)59-45-44-53(5,6)7)61-52(55)49(11-4)43-41-39-37-35-33-31-29-27-25-23-21-19-17-15-13-9-2/h12-15,18-21,24-27,30-33,36-39,48-50H,8-11,16-17,22-23,28-29,34-35,40-47H2,1-7H3/p+1/b14-12-,15-13-,20-18-,21-19-,26-24-,27-25-,32-30-,33-31-,38-36-,39-37-/t48?,49?,50-/m1/s1. The number of ether oxygens (including phenoxy) is 2. The minimum absolute atomic E-state index is 0.000492. The summed E-state index contributed by atoms with van der Waals surface area (Å²) in [5.41, 5.74) is 0. The van der Waals surface area contributed by atoms with E-state index in [0.717, 1.165) is 70.6 Å². The van der Waals surface area contributed by atoms with E-state index in [2.05, 4.69) is 135 Å². The van der Waals surface area contributed by atoms with E-state index < -0.39 is 38.4 Å². The van der Waals surface area contributed by atoms with Crippen molar-refractivity contribution < 1.29 is 42.1 Å². The Balaban J connectivity index is 5.06. The predicted molar refractivity (Wildman–Crippen MR) is 260 cm³/mol. The second kappa shape index (κ2) is 40.2. The Hall–Kier alpha value is -3.59. The number of carbonyl (C=O) groups is 2. The average molecular weight is 883 g/mol. The lowest BCUT2D eigenvalue weighted by molar-refractivity contribution is -0.870. The van der Waals surface area contributed by atoms with Crippen molar-refractivity contribution in [3.8, 4) is 0 Å². The second-order valence-corrected chi connectivity index (χ2v) is 17.5. The van der Waals surface area contributed by atoms with Gasteiger partial charge in [0.25, 0.3) is 0 Å². The fourth-order valence-electron chi connectivity index (χ4n) is 5.62. The molecule has 0 fully saturated rings. The summed E-state index contributed by atoms with van der Waals surface area (Å²) in [5, 5.41) is 0. The summed E-state index contributed by atoms with van der Waals surface area (Å²) < 4.78 is 35.1. The third-order valence-corrected chi connectivity index (χ3v) is 10.4. The molecule has 62 heavy (non-hydrogen) atoms. The SMILES string of the molecule is CC/C=C\C/C=C\C/C=C\C/C=C\C/C=C\CCC(CC)C(=O)OC[C@H](COP(=O)(O)OCC[N+](C)(C)C)OC(=O)C(CC)CC/C=C\C/C=C\C/C=C\C/C=C\C/C=C\CC. The molecule has 0 saturated heterocycles. The van der Waals surface area contributed by atoms with E-state index in [1.807, 2.05) is 35.0 Å². The molecule has 0 rings (SSSR count). The highest BCUT2D eigenvalue weighted by atomic mass is 31.2. The van der Waals surface area contributed by atoms with Crippen molar-refractivity contribution in [1.82, 2.24) is 0 Å². The van der Waals surface area contributed by atoms with Crippen molar-refractivity contribution in [3.05, 3.63) is 122 Å². The van der Waals surface area contributed by atoms with E-state index >= 15 is 0 Å². The zero-order valence-electron chi connectivity index (χ0n) is 39.6. The molecule has 0 bridgehead atoms.